The summed E-state index contributed by atoms with van der Waals surface area (Å²) in [6.07, 6.45) is -48.6. The number of azo groups is 1. The number of carbonyl (C=O) groups is 2. The van der Waals surface area contributed by atoms with Crippen molar-refractivity contribution >= 4 is 12.2 Å². The van der Waals surface area contributed by atoms with Gasteiger partial charge in [-0.05, 0) is 0 Å². The van der Waals surface area contributed by atoms with Gasteiger partial charge in [-0.15, -0.1) is 0 Å². The monoisotopic (exact) mass is 670 g/mol. The number of ether oxygens (including phenoxy) is 4. The largest absolute Gasteiger partial charge is 0.452 e. The average Bonchev–Trinajstić information content (AvgIpc) is 2.71. The van der Waals surface area contributed by atoms with Crippen LogP contribution in [0.4, 0.5) is 88.6 Å². The Bertz CT molecular complexity index is 785. The molecule has 0 aliphatic carbocycles. The minimum absolute atomic E-state index is 1.25. The third kappa shape index (κ3) is 8.85. The molecule has 0 aromatic heterocycles. The zero-order valence-electron chi connectivity index (χ0n) is 19.4. The highest BCUT2D eigenvalue weighted by atomic mass is 19.4. The molecule has 0 atom stereocenters. The van der Waals surface area contributed by atoms with Crippen LogP contribution in [0.1, 0.15) is 12.8 Å². The Morgan fingerprint density at radius 2 is 0.619 bits per heavy atom. The molecule has 0 aliphatic heterocycles. The normalized spacial score (nSPS) is 14.8. The first-order valence-electron chi connectivity index (χ1n) is 9.93. The zero-order valence-corrected chi connectivity index (χ0v) is 19.4. The van der Waals surface area contributed by atoms with Gasteiger partial charge in [-0.3, -0.25) is 0 Å². The van der Waals surface area contributed by atoms with Gasteiger partial charge in [-0.1, -0.05) is 10.2 Å². The number of rotatable bonds is 10. The van der Waals surface area contributed by atoms with Crippen LogP contribution in [0.5, 0.6) is 0 Å². The smallest absolute Gasteiger partial charge is 0.447 e. The van der Waals surface area contributed by atoms with Crippen LogP contribution in [0.3, 0.4) is 0 Å². The van der Waals surface area contributed by atoms with Gasteiger partial charge in [0.1, 0.15) is 0 Å². The number of carbonyl (C=O) groups excluding carboxylic acids is 2. The predicted molar refractivity (Wildman–Crippen MR) is 90.5 cm³/mol. The SMILES string of the molecule is O=C(/N=N\C(=O)OCCCOC(C(F)(F)F)(C(F)(F)F)C(F)(F)F)OCCCOC(C(F)(F)F)(C(F)(F)F)C(F)(F)F. The van der Waals surface area contributed by atoms with Gasteiger partial charge >= 0.3 is 60.4 Å². The molecule has 0 radical (unpaired) electrons. The van der Waals surface area contributed by atoms with Gasteiger partial charge < -0.3 is 18.9 Å². The van der Waals surface area contributed by atoms with Crippen LogP contribution in [0, 0.1) is 0 Å². The lowest BCUT2D eigenvalue weighted by atomic mass is 10.0. The van der Waals surface area contributed by atoms with E-state index in [4.69, 9.17) is 0 Å². The highest BCUT2D eigenvalue weighted by Gasteiger charge is 2.86. The van der Waals surface area contributed by atoms with Crippen molar-refractivity contribution < 1.29 is 108 Å². The van der Waals surface area contributed by atoms with Crippen molar-refractivity contribution in [3.05, 3.63) is 0 Å². The third-order valence-electron chi connectivity index (χ3n) is 4.27. The third-order valence-corrected chi connectivity index (χ3v) is 4.27. The summed E-state index contributed by atoms with van der Waals surface area (Å²) in [5, 5.41) is 4.71. The van der Waals surface area contributed by atoms with E-state index in [1.54, 1.807) is 0 Å². The van der Waals surface area contributed by atoms with Crippen molar-refractivity contribution in [3.63, 3.8) is 0 Å². The minimum atomic E-state index is -7.03. The summed E-state index contributed by atoms with van der Waals surface area (Å²) in [5.74, 6) is 0. The fraction of sp³-hybridized carbons (Fsp3) is 0.875. The van der Waals surface area contributed by atoms with Crippen LogP contribution in [-0.4, -0.2) is 86.9 Å². The molecule has 248 valence electrons. The summed E-state index contributed by atoms with van der Waals surface area (Å²) in [6, 6.07) is 0. The lowest BCUT2D eigenvalue weighted by Crippen LogP contribution is -2.67. The molecule has 42 heavy (non-hydrogen) atoms. The first-order chi connectivity index (χ1) is 18.5. The molecule has 0 aliphatic rings. The first-order valence-corrected chi connectivity index (χ1v) is 9.93. The van der Waals surface area contributed by atoms with E-state index in [1.165, 1.54) is 0 Å². The molecule has 0 aromatic carbocycles. The Hall–Kier alpha value is -2.80. The molecule has 0 heterocycles. The lowest BCUT2D eigenvalue weighted by Gasteiger charge is -2.38. The second kappa shape index (κ2) is 13.2. The molecule has 2 amide bonds. The van der Waals surface area contributed by atoms with Crippen molar-refractivity contribution in [3.8, 4) is 0 Å². The van der Waals surface area contributed by atoms with Gasteiger partial charge in [0.25, 0.3) is 0 Å². The van der Waals surface area contributed by atoms with Crippen LogP contribution < -0.4 is 0 Å². The van der Waals surface area contributed by atoms with Crippen molar-refractivity contribution in [2.45, 2.75) is 61.1 Å². The first kappa shape index (κ1) is 39.2. The van der Waals surface area contributed by atoms with E-state index in [9.17, 15) is 88.6 Å². The van der Waals surface area contributed by atoms with Gasteiger partial charge in [0.15, 0.2) is 0 Å². The summed E-state index contributed by atoms with van der Waals surface area (Å²) >= 11 is 0. The molecule has 0 saturated carbocycles. The molecule has 0 aromatic rings. The molecule has 0 rings (SSSR count). The molecule has 0 fully saturated rings. The van der Waals surface area contributed by atoms with Crippen molar-refractivity contribution in [2.24, 2.45) is 10.2 Å². The molecule has 0 saturated heterocycles. The van der Waals surface area contributed by atoms with E-state index >= 15 is 0 Å². The fourth-order valence-corrected chi connectivity index (χ4v) is 2.48. The van der Waals surface area contributed by atoms with Crippen LogP contribution >= 0.6 is 0 Å². The van der Waals surface area contributed by atoms with Crippen molar-refractivity contribution in [2.75, 3.05) is 26.4 Å². The second-order valence-electron chi connectivity index (χ2n) is 7.18. The maximum Gasteiger partial charge on any atom is 0.452 e. The van der Waals surface area contributed by atoms with Gasteiger partial charge in [0.2, 0.25) is 0 Å². The van der Waals surface area contributed by atoms with E-state index < -0.39 is 99.7 Å². The minimum Gasteiger partial charge on any atom is -0.447 e. The number of halogens is 18. The maximum absolute atomic E-state index is 12.6. The number of hydrogen-bond donors (Lipinski definition) is 0. The van der Waals surface area contributed by atoms with Crippen molar-refractivity contribution in [1.82, 2.24) is 0 Å². The van der Waals surface area contributed by atoms with Crippen LogP contribution in [0.2, 0.25) is 0 Å². The number of nitrogens with zero attached hydrogens (tertiary/aromatic N) is 2. The Morgan fingerprint density at radius 3 is 0.810 bits per heavy atom. The Balaban J connectivity index is 4.84. The highest BCUT2D eigenvalue weighted by Crippen LogP contribution is 2.56. The second-order valence-corrected chi connectivity index (χ2v) is 7.18. The quantitative estimate of drug-likeness (QED) is 0.137. The molecule has 0 spiro atoms. The maximum atomic E-state index is 12.6. The molecule has 0 bridgehead atoms. The van der Waals surface area contributed by atoms with E-state index in [2.05, 4.69) is 29.2 Å². The standard InChI is InChI=1S/C16H12F18N2O6/c17-11(18,19)9(12(20,21)22,13(23,24)25)41-5-1-3-39-7(37)35-36-8(38)40-4-2-6-42-10(14(26,27)28,15(29,30)31)16(32,33)34/h1-6H2/b36-35-. The van der Waals surface area contributed by atoms with E-state index in [-0.39, 0.29) is 0 Å². The summed E-state index contributed by atoms with van der Waals surface area (Å²) in [4.78, 5) is 22.3. The van der Waals surface area contributed by atoms with E-state index in [1.807, 2.05) is 0 Å². The van der Waals surface area contributed by atoms with Gasteiger partial charge in [0.05, 0.1) is 26.4 Å². The zero-order chi connectivity index (χ0) is 33.6. The molecule has 0 unspecified atom stereocenters. The van der Waals surface area contributed by atoms with Crippen molar-refractivity contribution in [1.29, 1.82) is 0 Å². The van der Waals surface area contributed by atoms with Crippen LogP contribution in [0.25, 0.3) is 0 Å². The Labute approximate surface area is 218 Å². The van der Waals surface area contributed by atoms with Gasteiger partial charge in [-0.25, -0.2) is 9.59 Å². The topological polar surface area (TPSA) is 95.8 Å². The number of hydrogen-bond acceptors (Lipinski definition) is 6. The van der Waals surface area contributed by atoms with Crippen LogP contribution in [0.15, 0.2) is 10.2 Å². The average molecular weight is 670 g/mol. The summed E-state index contributed by atoms with van der Waals surface area (Å²) < 4.78 is 242. The van der Waals surface area contributed by atoms with E-state index in [0.717, 1.165) is 0 Å². The molecular weight excluding hydrogens is 658 g/mol. The lowest BCUT2D eigenvalue weighted by molar-refractivity contribution is -0.458. The van der Waals surface area contributed by atoms with Crippen LogP contribution in [-0.2, 0) is 18.9 Å². The highest BCUT2D eigenvalue weighted by molar-refractivity contribution is 5.73. The Morgan fingerprint density at radius 1 is 0.405 bits per heavy atom. The Kier molecular flexibility index (Phi) is 12.4. The molecule has 8 nitrogen and oxygen atoms in total. The number of amides is 2. The van der Waals surface area contributed by atoms with Gasteiger partial charge in [-0.2, -0.15) is 79.0 Å². The summed E-state index contributed by atoms with van der Waals surface area (Å²) in [5.41, 5.74) is -13.2. The number of alkyl halides is 18. The summed E-state index contributed by atoms with van der Waals surface area (Å²) in [7, 11) is 0. The van der Waals surface area contributed by atoms with E-state index in [0.29, 0.717) is 0 Å². The molecular formula is C16H12F18N2O6. The van der Waals surface area contributed by atoms with Gasteiger partial charge in [0, 0.05) is 12.8 Å². The fourth-order valence-electron chi connectivity index (χ4n) is 2.48. The molecule has 0 N–H and O–H groups in total. The molecule has 26 heteroatoms. The predicted octanol–water partition coefficient (Wildman–Crippen LogP) is 7.38. The summed E-state index contributed by atoms with van der Waals surface area (Å²) in [6.45, 7) is -6.45.